The number of hydrogen-bond acceptors (Lipinski definition) is 3. The van der Waals surface area contributed by atoms with E-state index in [0.29, 0.717) is 5.78 Å². The number of pyridine rings is 1. The molecule has 0 fully saturated rings. The van der Waals surface area contributed by atoms with E-state index in [9.17, 15) is 4.39 Å². The third-order valence-electron chi connectivity index (χ3n) is 2.31. The zero-order chi connectivity index (χ0) is 11.0. The van der Waals surface area contributed by atoms with Crippen LogP contribution in [-0.4, -0.2) is 19.4 Å². The summed E-state index contributed by atoms with van der Waals surface area (Å²) in [5, 5.41) is 0. The van der Waals surface area contributed by atoms with E-state index in [0.717, 1.165) is 11.1 Å². The maximum atomic E-state index is 12.7. The van der Waals surface area contributed by atoms with Gasteiger partial charge in [0, 0.05) is 42.1 Å². The van der Waals surface area contributed by atoms with Crippen molar-refractivity contribution in [2.45, 2.75) is 0 Å². The predicted octanol–water partition coefficient (Wildman–Crippen LogP) is 1.93. The Hall–Kier alpha value is -2.30. The van der Waals surface area contributed by atoms with E-state index in [4.69, 9.17) is 0 Å². The maximum absolute atomic E-state index is 12.7. The molecule has 0 aromatic carbocycles. The van der Waals surface area contributed by atoms with Gasteiger partial charge in [0.15, 0.2) is 0 Å². The normalized spacial score (nSPS) is 10.8. The fraction of sp³-hybridized carbons (Fsp3) is 0. The van der Waals surface area contributed by atoms with Crippen LogP contribution in [0.15, 0.2) is 43.1 Å². The lowest BCUT2D eigenvalue weighted by Crippen LogP contribution is -1.90. The van der Waals surface area contributed by atoms with E-state index in [2.05, 4.69) is 15.0 Å². The molecule has 3 heterocycles. The summed E-state index contributed by atoms with van der Waals surface area (Å²) in [6.45, 7) is 0. The van der Waals surface area contributed by atoms with Crippen molar-refractivity contribution in [1.82, 2.24) is 19.4 Å². The third-order valence-corrected chi connectivity index (χ3v) is 2.31. The number of rotatable bonds is 1. The Morgan fingerprint density at radius 1 is 1.00 bits per heavy atom. The molecule has 0 saturated carbocycles. The second-order valence-electron chi connectivity index (χ2n) is 3.35. The average molecular weight is 214 g/mol. The second kappa shape index (κ2) is 3.37. The molecule has 0 aliphatic carbocycles. The molecule has 3 aromatic heterocycles. The molecule has 0 spiro atoms. The van der Waals surface area contributed by atoms with Gasteiger partial charge in [0.05, 0.1) is 0 Å². The lowest BCUT2D eigenvalue weighted by Gasteiger charge is -2.01. The molecular formula is C11H7FN4. The van der Waals surface area contributed by atoms with Crippen molar-refractivity contribution >= 4 is 5.78 Å². The van der Waals surface area contributed by atoms with Crippen LogP contribution in [0.3, 0.4) is 0 Å². The molecular weight excluding hydrogens is 207 g/mol. The Labute approximate surface area is 90.4 Å². The van der Waals surface area contributed by atoms with Crippen molar-refractivity contribution < 1.29 is 4.39 Å². The van der Waals surface area contributed by atoms with E-state index >= 15 is 0 Å². The minimum absolute atomic E-state index is 0.486. The third kappa shape index (κ3) is 1.42. The molecule has 0 amide bonds. The van der Waals surface area contributed by atoms with Gasteiger partial charge in [-0.1, -0.05) is 0 Å². The molecule has 4 nitrogen and oxygen atoms in total. The summed E-state index contributed by atoms with van der Waals surface area (Å²) in [6, 6.07) is 3.00. The van der Waals surface area contributed by atoms with Crippen molar-refractivity contribution in [3.63, 3.8) is 0 Å². The summed E-state index contributed by atoms with van der Waals surface area (Å²) < 4.78 is 14.5. The minimum atomic E-state index is -0.486. The van der Waals surface area contributed by atoms with Crippen LogP contribution in [0.1, 0.15) is 0 Å². The van der Waals surface area contributed by atoms with Crippen molar-refractivity contribution in [2.75, 3.05) is 0 Å². The van der Waals surface area contributed by atoms with Gasteiger partial charge in [0.25, 0.3) is 0 Å². The average Bonchev–Trinajstić information content (AvgIpc) is 2.77. The maximum Gasteiger partial charge on any atom is 0.233 e. The van der Waals surface area contributed by atoms with E-state index in [-0.39, 0.29) is 0 Å². The summed E-state index contributed by atoms with van der Waals surface area (Å²) in [6.07, 6.45) is 8.54. The summed E-state index contributed by atoms with van der Waals surface area (Å²) >= 11 is 0. The molecule has 3 aromatic rings. The molecule has 0 N–H and O–H groups in total. The van der Waals surface area contributed by atoms with E-state index < -0.39 is 5.95 Å². The first-order chi connectivity index (χ1) is 7.83. The van der Waals surface area contributed by atoms with Gasteiger partial charge in [0.1, 0.15) is 0 Å². The Kier molecular flexibility index (Phi) is 1.89. The summed E-state index contributed by atoms with van der Waals surface area (Å²) in [5.74, 6) is 0.152. The number of nitrogens with zero attached hydrogens (tertiary/aromatic N) is 4. The van der Waals surface area contributed by atoms with Crippen molar-refractivity contribution in [2.24, 2.45) is 0 Å². The monoisotopic (exact) mass is 214 g/mol. The van der Waals surface area contributed by atoms with Crippen molar-refractivity contribution in [1.29, 1.82) is 0 Å². The van der Waals surface area contributed by atoms with Crippen LogP contribution in [0.2, 0.25) is 0 Å². The quantitative estimate of drug-likeness (QED) is 0.581. The Balaban J connectivity index is 2.14. The number of hydrogen-bond donors (Lipinski definition) is 0. The predicted molar refractivity (Wildman–Crippen MR) is 56.2 cm³/mol. The van der Waals surface area contributed by atoms with E-state index in [1.807, 2.05) is 12.4 Å². The highest BCUT2D eigenvalue weighted by Gasteiger charge is 2.01. The SMILES string of the molecule is Fc1ccc(-c2cnc3nccn3c2)cn1. The standard InChI is InChI=1S/C11H7FN4/c12-10-2-1-8(5-14-10)9-6-15-11-13-3-4-16(11)7-9/h1-7H. The van der Waals surface area contributed by atoms with Crippen LogP contribution in [0.4, 0.5) is 4.39 Å². The number of imidazole rings is 1. The largest absolute Gasteiger partial charge is 0.291 e. The molecule has 5 heteroatoms. The Bertz CT molecular complexity index is 630. The zero-order valence-electron chi connectivity index (χ0n) is 8.21. The molecule has 0 unspecified atom stereocenters. The Morgan fingerprint density at radius 3 is 2.69 bits per heavy atom. The van der Waals surface area contributed by atoms with Crippen LogP contribution in [0, 0.1) is 5.95 Å². The first kappa shape index (κ1) is 8.96. The number of fused-ring (bicyclic) bond motifs is 1. The van der Waals surface area contributed by atoms with Crippen LogP contribution < -0.4 is 0 Å². The first-order valence-electron chi connectivity index (χ1n) is 4.73. The fourth-order valence-electron chi connectivity index (χ4n) is 1.51. The van der Waals surface area contributed by atoms with Gasteiger partial charge in [-0.2, -0.15) is 4.39 Å². The van der Waals surface area contributed by atoms with E-state index in [1.165, 1.54) is 12.3 Å². The fourth-order valence-corrected chi connectivity index (χ4v) is 1.51. The lowest BCUT2D eigenvalue weighted by molar-refractivity contribution is 0.584. The highest BCUT2D eigenvalue weighted by molar-refractivity contribution is 5.61. The van der Waals surface area contributed by atoms with Gasteiger partial charge >= 0.3 is 0 Å². The van der Waals surface area contributed by atoms with Gasteiger partial charge in [0.2, 0.25) is 11.7 Å². The van der Waals surface area contributed by atoms with Crippen LogP contribution >= 0.6 is 0 Å². The summed E-state index contributed by atoms with van der Waals surface area (Å²) in [5.41, 5.74) is 1.70. The smallest absolute Gasteiger partial charge is 0.233 e. The van der Waals surface area contributed by atoms with Gasteiger partial charge in [-0.15, -0.1) is 0 Å². The summed E-state index contributed by atoms with van der Waals surface area (Å²) in [7, 11) is 0. The molecule has 16 heavy (non-hydrogen) atoms. The van der Waals surface area contributed by atoms with Crippen LogP contribution in [0.25, 0.3) is 16.9 Å². The molecule has 0 aliphatic heterocycles. The lowest BCUT2D eigenvalue weighted by atomic mass is 10.1. The van der Waals surface area contributed by atoms with Gasteiger partial charge < -0.3 is 0 Å². The van der Waals surface area contributed by atoms with Gasteiger partial charge in [-0.25, -0.2) is 15.0 Å². The molecule has 0 bridgehead atoms. The van der Waals surface area contributed by atoms with Gasteiger partial charge in [-0.3, -0.25) is 4.40 Å². The first-order valence-corrected chi connectivity index (χ1v) is 4.73. The van der Waals surface area contributed by atoms with Gasteiger partial charge in [-0.05, 0) is 12.1 Å². The Morgan fingerprint density at radius 2 is 1.88 bits per heavy atom. The highest BCUT2D eigenvalue weighted by atomic mass is 19.1. The minimum Gasteiger partial charge on any atom is -0.291 e. The number of halogens is 1. The van der Waals surface area contributed by atoms with Crippen LogP contribution in [0.5, 0.6) is 0 Å². The molecule has 3 rings (SSSR count). The molecule has 0 aliphatic rings. The topological polar surface area (TPSA) is 43.1 Å². The molecule has 0 radical (unpaired) electrons. The molecule has 0 atom stereocenters. The second-order valence-corrected chi connectivity index (χ2v) is 3.35. The molecule has 0 saturated heterocycles. The van der Waals surface area contributed by atoms with E-state index in [1.54, 1.807) is 22.9 Å². The summed E-state index contributed by atoms with van der Waals surface area (Å²) in [4.78, 5) is 11.8. The number of aromatic nitrogens is 4. The molecule has 78 valence electrons. The highest BCUT2D eigenvalue weighted by Crippen LogP contribution is 2.17. The zero-order valence-corrected chi connectivity index (χ0v) is 8.21. The van der Waals surface area contributed by atoms with Crippen molar-refractivity contribution in [3.8, 4) is 11.1 Å². The van der Waals surface area contributed by atoms with Crippen molar-refractivity contribution in [3.05, 3.63) is 49.1 Å². The van der Waals surface area contributed by atoms with Crippen LogP contribution in [-0.2, 0) is 0 Å².